The highest BCUT2D eigenvalue weighted by atomic mass is 35.5. The third-order valence-electron chi connectivity index (χ3n) is 4.58. The lowest BCUT2D eigenvalue weighted by Gasteiger charge is -2.12. The van der Waals surface area contributed by atoms with Gasteiger partial charge in [0.25, 0.3) is 5.91 Å². The summed E-state index contributed by atoms with van der Waals surface area (Å²) in [7, 11) is 0. The van der Waals surface area contributed by atoms with Crippen molar-refractivity contribution in [2.24, 2.45) is 0 Å². The summed E-state index contributed by atoms with van der Waals surface area (Å²) in [6.45, 7) is 0.454. The quantitative estimate of drug-likeness (QED) is 0.418. The van der Waals surface area contributed by atoms with Crippen molar-refractivity contribution in [2.45, 2.75) is 13.0 Å². The van der Waals surface area contributed by atoms with Crippen molar-refractivity contribution in [1.29, 1.82) is 0 Å². The molecule has 0 bridgehead atoms. The number of anilines is 1. The molecule has 0 unspecified atom stereocenters. The predicted octanol–water partition coefficient (Wildman–Crippen LogP) is 5.55. The summed E-state index contributed by atoms with van der Waals surface area (Å²) in [5.41, 5.74) is 3.03. The molecule has 0 saturated heterocycles. The molecule has 2 aromatic heterocycles. The monoisotopic (exact) mass is 429 g/mol. The van der Waals surface area contributed by atoms with Gasteiger partial charge >= 0.3 is 0 Å². The van der Waals surface area contributed by atoms with Crippen molar-refractivity contribution < 1.29 is 9.53 Å². The van der Waals surface area contributed by atoms with Crippen molar-refractivity contribution in [2.75, 3.05) is 5.32 Å². The molecule has 0 saturated carbocycles. The summed E-state index contributed by atoms with van der Waals surface area (Å²) < 4.78 is 6.03. The van der Waals surface area contributed by atoms with E-state index in [1.54, 1.807) is 30.5 Å². The van der Waals surface area contributed by atoms with Crippen LogP contribution in [0.4, 0.5) is 5.82 Å². The highest BCUT2D eigenvalue weighted by molar-refractivity contribution is 6.30. The Balaban J connectivity index is 1.50. The average molecular weight is 430 g/mol. The Labute approximate surface area is 185 Å². The molecule has 0 radical (unpaired) electrons. The first-order valence-electron chi connectivity index (χ1n) is 9.81. The van der Waals surface area contributed by atoms with Crippen LogP contribution in [0.15, 0.2) is 91.1 Å². The van der Waals surface area contributed by atoms with Crippen LogP contribution in [0.3, 0.4) is 0 Å². The second kappa shape index (κ2) is 9.87. The maximum absolute atomic E-state index is 12.5. The van der Waals surface area contributed by atoms with Crippen molar-refractivity contribution in [3.8, 4) is 5.75 Å². The lowest BCUT2D eigenvalue weighted by atomic mass is 10.1. The molecular formula is C25H20ClN3O2. The fourth-order valence-electron chi connectivity index (χ4n) is 3.08. The molecule has 0 aliphatic carbocycles. The number of carbonyl (C=O) groups excluding carboxylic acids is 1. The number of ether oxygens (including phenoxy) is 1. The van der Waals surface area contributed by atoms with Gasteiger partial charge in [-0.15, -0.1) is 0 Å². The van der Waals surface area contributed by atoms with E-state index >= 15 is 0 Å². The number of aromatic nitrogens is 2. The van der Waals surface area contributed by atoms with Gasteiger partial charge in [-0.05, 0) is 48.0 Å². The Bertz CT molecular complexity index is 1170. The van der Waals surface area contributed by atoms with E-state index in [4.69, 9.17) is 16.3 Å². The first kappa shape index (κ1) is 20.6. The fourth-order valence-corrected chi connectivity index (χ4v) is 3.27. The third kappa shape index (κ3) is 5.68. The maximum atomic E-state index is 12.5. The van der Waals surface area contributed by atoms with Crippen LogP contribution >= 0.6 is 11.6 Å². The largest absolute Gasteiger partial charge is 0.489 e. The molecule has 0 atom stereocenters. The van der Waals surface area contributed by atoms with Crippen LogP contribution in [0.2, 0.25) is 5.02 Å². The molecule has 0 fully saturated rings. The second-order valence-electron chi connectivity index (χ2n) is 6.89. The molecule has 0 spiro atoms. The predicted molar refractivity (Wildman–Crippen MR) is 121 cm³/mol. The van der Waals surface area contributed by atoms with E-state index in [9.17, 15) is 4.79 Å². The summed E-state index contributed by atoms with van der Waals surface area (Å²) in [5, 5.41) is 3.37. The van der Waals surface area contributed by atoms with Crippen LogP contribution in [0.1, 0.15) is 27.3 Å². The highest BCUT2D eigenvalue weighted by Crippen LogP contribution is 2.26. The van der Waals surface area contributed by atoms with Crippen molar-refractivity contribution >= 4 is 23.3 Å². The van der Waals surface area contributed by atoms with Gasteiger partial charge in [0.1, 0.15) is 23.9 Å². The number of nitrogens with one attached hydrogen (secondary N) is 1. The van der Waals surface area contributed by atoms with Gasteiger partial charge in [-0.1, -0.05) is 54.1 Å². The number of carbonyl (C=O) groups is 1. The van der Waals surface area contributed by atoms with E-state index in [1.807, 2.05) is 60.7 Å². The van der Waals surface area contributed by atoms with Gasteiger partial charge in [0.15, 0.2) is 0 Å². The van der Waals surface area contributed by atoms with Crippen LogP contribution < -0.4 is 10.1 Å². The Morgan fingerprint density at radius 1 is 0.935 bits per heavy atom. The van der Waals surface area contributed by atoms with Gasteiger partial charge < -0.3 is 10.1 Å². The number of rotatable bonds is 7. The number of nitrogens with zero attached hydrogens (tertiary/aromatic N) is 2. The summed E-state index contributed by atoms with van der Waals surface area (Å²) in [6.07, 6.45) is 2.10. The van der Waals surface area contributed by atoms with E-state index in [0.29, 0.717) is 29.6 Å². The van der Waals surface area contributed by atoms with Gasteiger partial charge in [-0.3, -0.25) is 4.79 Å². The van der Waals surface area contributed by atoms with E-state index < -0.39 is 0 Å². The highest BCUT2D eigenvalue weighted by Gasteiger charge is 2.12. The van der Waals surface area contributed by atoms with Crippen molar-refractivity contribution in [1.82, 2.24) is 9.97 Å². The Hall–Kier alpha value is -3.70. The molecular weight excluding hydrogens is 410 g/mol. The summed E-state index contributed by atoms with van der Waals surface area (Å²) >= 11 is 6.23. The van der Waals surface area contributed by atoms with Crippen LogP contribution in [0.25, 0.3) is 0 Å². The van der Waals surface area contributed by atoms with Crippen LogP contribution in [-0.4, -0.2) is 15.9 Å². The Morgan fingerprint density at radius 2 is 1.77 bits per heavy atom. The molecule has 2 aromatic carbocycles. The van der Waals surface area contributed by atoms with E-state index in [-0.39, 0.29) is 5.91 Å². The first-order valence-corrected chi connectivity index (χ1v) is 10.2. The van der Waals surface area contributed by atoms with E-state index in [0.717, 1.165) is 22.6 Å². The minimum atomic E-state index is -0.313. The van der Waals surface area contributed by atoms with Gasteiger partial charge in [-0.2, -0.15) is 0 Å². The molecule has 31 heavy (non-hydrogen) atoms. The fraction of sp³-hybridized carbons (Fsp3) is 0.0800. The Morgan fingerprint density at radius 3 is 2.58 bits per heavy atom. The van der Waals surface area contributed by atoms with E-state index in [2.05, 4.69) is 15.3 Å². The van der Waals surface area contributed by atoms with Crippen LogP contribution in [0.5, 0.6) is 5.75 Å². The smallest absolute Gasteiger partial charge is 0.275 e. The molecule has 1 N–H and O–H groups in total. The van der Waals surface area contributed by atoms with Gasteiger partial charge in [0.2, 0.25) is 0 Å². The van der Waals surface area contributed by atoms with Gasteiger partial charge in [0, 0.05) is 28.9 Å². The number of benzene rings is 2. The van der Waals surface area contributed by atoms with Crippen LogP contribution in [-0.2, 0) is 13.0 Å². The van der Waals surface area contributed by atoms with Gasteiger partial charge in [0.05, 0.1) is 0 Å². The van der Waals surface area contributed by atoms with E-state index in [1.165, 1.54) is 0 Å². The van der Waals surface area contributed by atoms with Crippen LogP contribution in [0, 0.1) is 0 Å². The molecule has 154 valence electrons. The zero-order chi connectivity index (χ0) is 21.5. The average Bonchev–Trinajstić information content (AvgIpc) is 2.80. The number of hydrogen-bond donors (Lipinski definition) is 1. The lowest BCUT2D eigenvalue weighted by Crippen LogP contribution is -2.15. The summed E-state index contributed by atoms with van der Waals surface area (Å²) in [6, 6.07) is 26.2. The number of halogens is 1. The second-order valence-corrected chi connectivity index (χ2v) is 7.32. The molecule has 5 nitrogen and oxygen atoms in total. The molecule has 1 amide bonds. The molecule has 2 heterocycles. The zero-order valence-corrected chi connectivity index (χ0v) is 17.4. The standard InChI is InChI=1S/C25H20ClN3O2/c26-20-12-13-23(31-17-18-7-2-1-3-8-18)19(15-20)16-21-9-6-10-22(28-21)25(30)29-24-11-4-5-14-27-24/h1-15H,16-17H2,(H,27,29,30). The third-order valence-corrected chi connectivity index (χ3v) is 4.81. The molecule has 4 aromatic rings. The molecule has 0 aliphatic heterocycles. The molecule has 0 aliphatic rings. The Kier molecular flexibility index (Phi) is 6.55. The first-order chi connectivity index (χ1) is 15.2. The number of pyridine rings is 2. The summed E-state index contributed by atoms with van der Waals surface area (Å²) in [4.78, 5) is 21.2. The normalized spacial score (nSPS) is 10.5. The topological polar surface area (TPSA) is 64.1 Å². The minimum absolute atomic E-state index is 0.313. The maximum Gasteiger partial charge on any atom is 0.275 e. The summed E-state index contributed by atoms with van der Waals surface area (Å²) in [5.74, 6) is 0.900. The number of amides is 1. The molecule has 4 rings (SSSR count). The SMILES string of the molecule is O=C(Nc1ccccn1)c1cccc(Cc2cc(Cl)ccc2OCc2ccccc2)n1. The minimum Gasteiger partial charge on any atom is -0.489 e. The van der Waals surface area contributed by atoms with Gasteiger partial charge in [-0.25, -0.2) is 9.97 Å². The van der Waals surface area contributed by atoms with Crippen molar-refractivity contribution in [3.63, 3.8) is 0 Å². The lowest BCUT2D eigenvalue weighted by molar-refractivity contribution is 0.102. The zero-order valence-electron chi connectivity index (χ0n) is 16.7. The van der Waals surface area contributed by atoms with Crippen molar-refractivity contribution in [3.05, 3.63) is 119 Å². The molecule has 6 heteroatoms. The number of hydrogen-bond acceptors (Lipinski definition) is 4.